The first-order valence-electron chi connectivity index (χ1n) is 7.48. The van der Waals surface area contributed by atoms with Gasteiger partial charge in [-0.15, -0.1) is 0 Å². The number of halogens is 1. The van der Waals surface area contributed by atoms with E-state index in [4.69, 9.17) is 5.73 Å². The maximum atomic E-state index is 12.6. The third kappa shape index (κ3) is 4.72. The quantitative estimate of drug-likeness (QED) is 0.716. The number of hydrogen-bond acceptors (Lipinski definition) is 7. The lowest BCUT2D eigenvalue weighted by molar-refractivity contribution is 0.0988. The van der Waals surface area contributed by atoms with Crippen LogP contribution in [-0.2, 0) is 6.42 Å². The molecule has 0 spiro atoms. The summed E-state index contributed by atoms with van der Waals surface area (Å²) in [4.78, 5) is 29.0. The average molecular weight is 393 g/mol. The normalized spacial score (nSPS) is 10.9. The van der Waals surface area contributed by atoms with Crippen LogP contribution in [0.15, 0.2) is 29.3 Å². The fraction of sp³-hybridized carbons (Fsp3) is 0.375. The Bertz CT molecular complexity index is 721. The van der Waals surface area contributed by atoms with Crippen molar-refractivity contribution >= 4 is 33.2 Å². The van der Waals surface area contributed by atoms with Gasteiger partial charge in [0.2, 0.25) is 0 Å². The molecule has 24 heavy (non-hydrogen) atoms. The van der Waals surface area contributed by atoms with Crippen LogP contribution in [0.2, 0.25) is 0 Å². The van der Waals surface area contributed by atoms with Crippen LogP contribution in [0.1, 0.15) is 16.1 Å². The van der Waals surface area contributed by atoms with Gasteiger partial charge in [0, 0.05) is 50.2 Å². The maximum absolute atomic E-state index is 12.6. The molecule has 0 aliphatic heterocycles. The van der Waals surface area contributed by atoms with Crippen LogP contribution in [0.5, 0.6) is 0 Å². The number of nitrogens with two attached hydrogens (primary N) is 1. The Balaban J connectivity index is 2.20. The molecule has 0 amide bonds. The molecule has 0 bridgehead atoms. The number of Topliss-reactive ketones (excluding diaryl/α,β-unsaturated/α-hetero) is 1. The second-order valence-electron chi connectivity index (χ2n) is 5.76. The zero-order valence-electron chi connectivity index (χ0n) is 14.0. The van der Waals surface area contributed by atoms with Crippen molar-refractivity contribution < 1.29 is 4.79 Å². The largest absolute Gasteiger partial charge is 0.382 e. The van der Waals surface area contributed by atoms with Gasteiger partial charge in [0.05, 0.1) is 6.20 Å². The van der Waals surface area contributed by atoms with Crippen LogP contribution in [0.3, 0.4) is 0 Å². The van der Waals surface area contributed by atoms with E-state index < -0.39 is 0 Å². The predicted molar refractivity (Wildman–Crippen MR) is 98.2 cm³/mol. The van der Waals surface area contributed by atoms with E-state index in [9.17, 15) is 4.79 Å². The molecule has 0 aromatic carbocycles. The number of nitrogens with zero attached hydrogens (tertiary/aromatic N) is 5. The van der Waals surface area contributed by atoms with E-state index in [1.54, 1.807) is 12.4 Å². The van der Waals surface area contributed by atoms with Crippen LogP contribution >= 0.6 is 15.9 Å². The average Bonchev–Trinajstić information content (AvgIpc) is 2.55. The summed E-state index contributed by atoms with van der Waals surface area (Å²) in [6.45, 7) is 1.76. The van der Waals surface area contributed by atoms with Gasteiger partial charge in [-0.05, 0) is 36.1 Å². The van der Waals surface area contributed by atoms with E-state index in [1.807, 2.05) is 27.2 Å². The number of carbonyl (C=O) groups excluding carboxylic acids is 1. The van der Waals surface area contributed by atoms with Crippen molar-refractivity contribution in [3.63, 3.8) is 0 Å². The molecule has 0 aliphatic rings. The van der Waals surface area contributed by atoms with Gasteiger partial charge in [-0.25, -0.2) is 9.97 Å². The Morgan fingerprint density at radius 2 is 2.00 bits per heavy atom. The summed E-state index contributed by atoms with van der Waals surface area (Å²) in [5, 5.41) is 0. The van der Waals surface area contributed by atoms with Crippen LogP contribution < -0.4 is 10.6 Å². The molecule has 7 nitrogen and oxygen atoms in total. The number of pyridine rings is 1. The lowest BCUT2D eigenvalue weighted by Crippen LogP contribution is -2.29. The number of anilines is 2. The number of hydrogen-bond donors (Lipinski definition) is 1. The summed E-state index contributed by atoms with van der Waals surface area (Å²) in [7, 11) is 6.05. The summed E-state index contributed by atoms with van der Waals surface area (Å²) in [6, 6.07) is 1.91. The van der Waals surface area contributed by atoms with Crippen LogP contribution in [0.4, 0.5) is 11.5 Å². The molecule has 0 radical (unpaired) electrons. The third-order valence-electron chi connectivity index (χ3n) is 3.56. The van der Waals surface area contributed by atoms with Crippen molar-refractivity contribution in [1.29, 1.82) is 0 Å². The van der Waals surface area contributed by atoms with Gasteiger partial charge < -0.3 is 15.5 Å². The maximum Gasteiger partial charge on any atom is 0.189 e. The second kappa shape index (κ2) is 8.16. The number of carbonyl (C=O) groups is 1. The van der Waals surface area contributed by atoms with Crippen molar-refractivity contribution in [2.24, 2.45) is 0 Å². The van der Waals surface area contributed by atoms with Gasteiger partial charge in [0.15, 0.2) is 11.6 Å². The fourth-order valence-electron chi connectivity index (χ4n) is 2.24. The van der Waals surface area contributed by atoms with E-state index in [0.717, 1.165) is 24.3 Å². The molecule has 128 valence electrons. The molecule has 2 heterocycles. The highest BCUT2D eigenvalue weighted by molar-refractivity contribution is 9.10. The first kappa shape index (κ1) is 18.3. The van der Waals surface area contributed by atoms with E-state index in [0.29, 0.717) is 4.60 Å². The van der Waals surface area contributed by atoms with E-state index in [-0.39, 0.29) is 23.7 Å². The second-order valence-corrected chi connectivity index (χ2v) is 6.57. The van der Waals surface area contributed by atoms with Gasteiger partial charge in [0.1, 0.15) is 10.3 Å². The van der Waals surface area contributed by atoms with Gasteiger partial charge in [-0.2, -0.15) is 0 Å². The molecule has 0 unspecified atom stereocenters. The minimum absolute atomic E-state index is 0.134. The summed E-state index contributed by atoms with van der Waals surface area (Å²) >= 11 is 3.22. The van der Waals surface area contributed by atoms with Gasteiger partial charge >= 0.3 is 0 Å². The lowest BCUT2D eigenvalue weighted by Gasteiger charge is -2.23. The highest BCUT2D eigenvalue weighted by atomic mass is 79.9. The third-order valence-corrected chi connectivity index (χ3v) is 3.94. The Kier molecular flexibility index (Phi) is 6.22. The number of ketones is 1. The van der Waals surface area contributed by atoms with E-state index in [2.05, 4.69) is 40.7 Å². The summed E-state index contributed by atoms with van der Waals surface area (Å²) in [5.41, 5.74) is 7.76. The monoisotopic (exact) mass is 392 g/mol. The topological polar surface area (TPSA) is 88.2 Å². The Morgan fingerprint density at radius 3 is 2.71 bits per heavy atom. The Hall–Kier alpha value is -2.06. The highest BCUT2D eigenvalue weighted by Crippen LogP contribution is 2.21. The number of rotatable bonds is 7. The molecule has 0 saturated heterocycles. The minimum Gasteiger partial charge on any atom is -0.382 e. The molecule has 2 aromatic heterocycles. The molecular formula is C16H21BrN6O. The molecule has 0 atom stereocenters. The first-order chi connectivity index (χ1) is 11.4. The molecular weight excluding hydrogens is 372 g/mol. The van der Waals surface area contributed by atoms with Crippen LogP contribution in [0, 0.1) is 0 Å². The van der Waals surface area contributed by atoms with Crippen molar-refractivity contribution in [1.82, 2.24) is 19.9 Å². The van der Waals surface area contributed by atoms with E-state index in [1.165, 1.54) is 6.20 Å². The van der Waals surface area contributed by atoms with Crippen molar-refractivity contribution in [3.05, 3.63) is 40.5 Å². The van der Waals surface area contributed by atoms with E-state index >= 15 is 0 Å². The number of aromatic nitrogens is 3. The molecule has 2 rings (SSSR count). The van der Waals surface area contributed by atoms with Gasteiger partial charge in [-0.3, -0.25) is 9.78 Å². The smallest absolute Gasteiger partial charge is 0.189 e. The lowest BCUT2D eigenvalue weighted by atomic mass is 10.1. The zero-order valence-corrected chi connectivity index (χ0v) is 15.6. The van der Waals surface area contributed by atoms with Gasteiger partial charge in [0.25, 0.3) is 0 Å². The minimum atomic E-state index is -0.184. The molecule has 2 aromatic rings. The Labute approximate surface area is 150 Å². The van der Waals surface area contributed by atoms with Crippen LogP contribution in [-0.4, -0.2) is 59.9 Å². The molecule has 0 fully saturated rings. The predicted octanol–water partition coefficient (Wildman–Crippen LogP) is 1.64. The molecule has 0 aliphatic carbocycles. The summed E-state index contributed by atoms with van der Waals surface area (Å²) < 4.78 is 0.481. The highest BCUT2D eigenvalue weighted by Gasteiger charge is 2.17. The number of nitrogen functional groups attached to an aromatic ring is 1. The standard InChI is InChI=1S/C16H21BrN6O/c1-22(2)6-7-23(3)12-4-5-19-9-11(12)8-13(24)15-16(18)20-10-14(17)21-15/h4-5,9-10H,6-8H2,1-3H3,(H2,18,20). The molecule has 8 heteroatoms. The number of likely N-dealkylation sites (N-methyl/N-ethyl adjacent to an activating group) is 2. The fourth-order valence-corrected chi connectivity index (χ4v) is 2.52. The van der Waals surface area contributed by atoms with Crippen molar-refractivity contribution in [2.75, 3.05) is 44.9 Å². The molecule has 2 N–H and O–H groups in total. The van der Waals surface area contributed by atoms with Gasteiger partial charge in [-0.1, -0.05) is 0 Å². The van der Waals surface area contributed by atoms with Crippen molar-refractivity contribution in [3.8, 4) is 0 Å². The zero-order chi connectivity index (χ0) is 17.7. The summed E-state index contributed by atoms with van der Waals surface area (Å²) in [5.74, 6) is -0.0498. The Morgan fingerprint density at radius 1 is 1.25 bits per heavy atom. The molecule has 0 saturated carbocycles. The SMILES string of the molecule is CN(C)CCN(C)c1ccncc1CC(=O)c1nc(Br)cnc1N. The summed E-state index contributed by atoms with van der Waals surface area (Å²) in [6.07, 6.45) is 5.07. The first-order valence-corrected chi connectivity index (χ1v) is 8.27. The van der Waals surface area contributed by atoms with Crippen LogP contribution in [0.25, 0.3) is 0 Å². The van der Waals surface area contributed by atoms with Crippen molar-refractivity contribution in [2.45, 2.75) is 6.42 Å².